The number of carbonyl (C=O) groups is 1. The van der Waals surface area contributed by atoms with Gasteiger partial charge in [-0.15, -0.1) is 0 Å². The fourth-order valence-electron chi connectivity index (χ4n) is 2.96. The molecule has 0 aliphatic carbocycles. The van der Waals surface area contributed by atoms with E-state index in [1.807, 2.05) is 66.7 Å². The lowest BCUT2D eigenvalue weighted by Gasteiger charge is -2.23. The summed E-state index contributed by atoms with van der Waals surface area (Å²) in [6, 6.07) is 25.1. The second kappa shape index (κ2) is 10.4. The first-order chi connectivity index (χ1) is 14.2. The van der Waals surface area contributed by atoms with Crippen LogP contribution in [0, 0.1) is 11.3 Å². The Kier molecular flexibility index (Phi) is 7.43. The van der Waals surface area contributed by atoms with Crippen LogP contribution in [-0.4, -0.2) is 16.6 Å². The molecule has 0 radical (unpaired) electrons. The van der Waals surface area contributed by atoms with Crippen LogP contribution in [0.15, 0.2) is 77.8 Å². The smallest absolute Gasteiger partial charge is 0.241 e. The number of anilines is 2. The van der Waals surface area contributed by atoms with Gasteiger partial charge in [0, 0.05) is 17.1 Å². The number of aryl methyl sites for hydroxylation is 1. The molecule has 0 unspecified atom stereocenters. The number of aromatic nitrogens is 1. The van der Waals surface area contributed by atoms with E-state index in [4.69, 9.17) is 0 Å². The van der Waals surface area contributed by atoms with Crippen LogP contribution in [0.4, 0.5) is 11.4 Å². The van der Waals surface area contributed by atoms with E-state index in [1.54, 1.807) is 11.0 Å². The third-order valence-corrected chi connectivity index (χ3v) is 5.41. The van der Waals surface area contributed by atoms with Gasteiger partial charge in [0.05, 0.1) is 11.3 Å². The van der Waals surface area contributed by atoms with Crippen molar-refractivity contribution in [3.05, 3.63) is 84.1 Å². The number of pyridine rings is 1. The van der Waals surface area contributed by atoms with Gasteiger partial charge >= 0.3 is 0 Å². The Morgan fingerprint density at radius 3 is 2.17 bits per heavy atom. The quantitative estimate of drug-likeness (QED) is 0.451. The van der Waals surface area contributed by atoms with Gasteiger partial charge in [-0.05, 0) is 49.2 Å². The van der Waals surface area contributed by atoms with Gasteiger partial charge < -0.3 is 0 Å². The molecule has 0 bridgehead atoms. The van der Waals surface area contributed by atoms with Crippen molar-refractivity contribution in [2.45, 2.75) is 31.2 Å². The zero-order valence-electron chi connectivity index (χ0n) is 16.4. The minimum atomic E-state index is -0.0583. The Balaban J connectivity index is 1.81. The Hall–Kier alpha value is -3.10. The monoisotopic (exact) mass is 401 g/mol. The van der Waals surface area contributed by atoms with Gasteiger partial charge in [-0.2, -0.15) is 5.26 Å². The summed E-state index contributed by atoms with van der Waals surface area (Å²) in [6.45, 7) is 2.14. The maximum atomic E-state index is 13.2. The molecule has 29 heavy (non-hydrogen) atoms. The largest absolute Gasteiger partial charge is 0.280 e. The van der Waals surface area contributed by atoms with E-state index in [-0.39, 0.29) is 11.7 Å². The van der Waals surface area contributed by atoms with Crippen LogP contribution in [0.3, 0.4) is 0 Å². The molecule has 1 aromatic heterocycles. The zero-order valence-corrected chi connectivity index (χ0v) is 17.2. The molecule has 0 saturated carbocycles. The first-order valence-electron chi connectivity index (χ1n) is 9.68. The van der Waals surface area contributed by atoms with Gasteiger partial charge in [0.2, 0.25) is 5.91 Å². The summed E-state index contributed by atoms with van der Waals surface area (Å²) < 4.78 is 0. The van der Waals surface area contributed by atoms with Crippen LogP contribution in [-0.2, 0) is 11.2 Å². The average Bonchev–Trinajstić information content (AvgIpc) is 2.78. The van der Waals surface area contributed by atoms with Crippen LogP contribution < -0.4 is 4.90 Å². The lowest BCUT2D eigenvalue weighted by atomic mass is 10.2. The number of unbranched alkanes of at least 4 members (excludes halogenated alkanes) is 1. The molecule has 0 aliphatic heterocycles. The van der Waals surface area contributed by atoms with Crippen molar-refractivity contribution in [1.82, 2.24) is 4.98 Å². The van der Waals surface area contributed by atoms with Crippen molar-refractivity contribution in [1.29, 1.82) is 5.26 Å². The molecule has 3 rings (SSSR count). The maximum absolute atomic E-state index is 13.2. The zero-order chi connectivity index (χ0) is 20.5. The van der Waals surface area contributed by atoms with Crippen molar-refractivity contribution >= 4 is 29.0 Å². The van der Waals surface area contributed by atoms with Crippen molar-refractivity contribution in [2.75, 3.05) is 10.7 Å². The van der Waals surface area contributed by atoms with E-state index in [0.717, 1.165) is 36.3 Å². The minimum absolute atomic E-state index is 0.0583. The fraction of sp³-hybridized carbons (Fsp3) is 0.208. The molecular formula is C24H23N3OS. The summed E-state index contributed by atoms with van der Waals surface area (Å²) >= 11 is 1.32. The number of benzene rings is 2. The van der Waals surface area contributed by atoms with Gasteiger partial charge in [-0.3, -0.25) is 9.69 Å². The number of para-hydroxylation sites is 2. The van der Waals surface area contributed by atoms with Crippen LogP contribution in [0.1, 0.15) is 31.0 Å². The average molecular weight is 402 g/mol. The van der Waals surface area contributed by atoms with Crippen molar-refractivity contribution in [3.63, 3.8) is 0 Å². The molecule has 1 heterocycles. The van der Waals surface area contributed by atoms with Gasteiger partial charge in [-0.1, -0.05) is 61.5 Å². The normalized spacial score (nSPS) is 10.3. The molecule has 0 aliphatic rings. The number of rotatable bonds is 8. The molecule has 2 aromatic carbocycles. The SMILES string of the molecule is CCCCc1ccc(C#N)c(SCC(=O)N(c2ccccc2)c2ccccc2)n1. The number of hydrogen-bond acceptors (Lipinski definition) is 4. The first-order valence-corrected chi connectivity index (χ1v) is 10.7. The predicted molar refractivity (Wildman–Crippen MR) is 118 cm³/mol. The number of carbonyl (C=O) groups excluding carboxylic acids is 1. The highest BCUT2D eigenvalue weighted by atomic mass is 32.2. The number of hydrogen-bond donors (Lipinski definition) is 0. The number of nitrogens with zero attached hydrogens (tertiary/aromatic N) is 3. The third-order valence-electron chi connectivity index (χ3n) is 4.44. The first kappa shape index (κ1) is 20.6. The van der Waals surface area contributed by atoms with Crippen LogP contribution in [0.25, 0.3) is 0 Å². The van der Waals surface area contributed by atoms with Crippen molar-refractivity contribution in [2.24, 2.45) is 0 Å². The molecule has 0 N–H and O–H groups in total. The maximum Gasteiger partial charge on any atom is 0.241 e. The second-order valence-corrected chi connectivity index (χ2v) is 7.52. The summed E-state index contributed by atoms with van der Waals surface area (Å²) in [5, 5.41) is 10.0. The van der Waals surface area contributed by atoms with Gasteiger partial charge in [0.15, 0.2) is 0 Å². The standard InChI is InChI=1S/C24H23N3OS/c1-2-3-10-20-16-15-19(17-25)24(26-20)29-18-23(28)27(21-11-6-4-7-12-21)22-13-8-5-9-14-22/h4-9,11-16H,2-3,10,18H2,1H3. The Morgan fingerprint density at radius 2 is 1.62 bits per heavy atom. The Bertz CT molecular complexity index is 945. The van der Waals surface area contributed by atoms with E-state index in [9.17, 15) is 10.1 Å². The molecule has 0 saturated heterocycles. The molecule has 3 aromatic rings. The van der Waals surface area contributed by atoms with E-state index in [2.05, 4.69) is 18.0 Å². The highest BCUT2D eigenvalue weighted by Gasteiger charge is 2.19. The van der Waals surface area contributed by atoms with Crippen LogP contribution >= 0.6 is 11.8 Å². The molecule has 146 valence electrons. The second-order valence-electron chi connectivity index (χ2n) is 6.56. The molecule has 1 amide bonds. The van der Waals surface area contributed by atoms with Gasteiger partial charge in [-0.25, -0.2) is 4.98 Å². The van der Waals surface area contributed by atoms with E-state index in [1.165, 1.54) is 11.8 Å². The summed E-state index contributed by atoms with van der Waals surface area (Å²) in [6.07, 6.45) is 3.02. The summed E-state index contributed by atoms with van der Waals surface area (Å²) in [5.41, 5.74) is 3.10. The Labute approximate surface area is 176 Å². The fourth-order valence-corrected chi connectivity index (χ4v) is 3.80. The summed E-state index contributed by atoms with van der Waals surface area (Å²) in [7, 11) is 0. The predicted octanol–water partition coefficient (Wildman–Crippen LogP) is 5.75. The number of amides is 1. The molecule has 0 spiro atoms. The summed E-state index contributed by atoms with van der Waals surface area (Å²) in [5.74, 6) is 0.139. The third kappa shape index (κ3) is 5.46. The lowest BCUT2D eigenvalue weighted by molar-refractivity contribution is -0.115. The lowest BCUT2D eigenvalue weighted by Crippen LogP contribution is -2.27. The van der Waals surface area contributed by atoms with E-state index in [0.29, 0.717) is 10.6 Å². The van der Waals surface area contributed by atoms with Crippen LogP contribution in [0.5, 0.6) is 0 Å². The van der Waals surface area contributed by atoms with Gasteiger partial charge in [0.1, 0.15) is 11.1 Å². The summed E-state index contributed by atoms with van der Waals surface area (Å²) in [4.78, 5) is 19.5. The topological polar surface area (TPSA) is 57.0 Å². The van der Waals surface area contributed by atoms with Crippen molar-refractivity contribution < 1.29 is 4.79 Å². The molecule has 4 nitrogen and oxygen atoms in total. The molecular weight excluding hydrogens is 378 g/mol. The van der Waals surface area contributed by atoms with Crippen molar-refractivity contribution in [3.8, 4) is 6.07 Å². The molecule has 0 fully saturated rings. The minimum Gasteiger partial charge on any atom is -0.280 e. The van der Waals surface area contributed by atoms with E-state index >= 15 is 0 Å². The van der Waals surface area contributed by atoms with E-state index < -0.39 is 0 Å². The highest BCUT2D eigenvalue weighted by molar-refractivity contribution is 8.00. The number of thioether (sulfide) groups is 1. The Morgan fingerprint density at radius 1 is 1.00 bits per heavy atom. The molecule has 0 atom stereocenters. The van der Waals surface area contributed by atoms with Gasteiger partial charge in [0.25, 0.3) is 0 Å². The highest BCUT2D eigenvalue weighted by Crippen LogP contribution is 2.28. The number of nitriles is 1. The van der Waals surface area contributed by atoms with Crippen LogP contribution in [0.2, 0.25) is 0 Å². The molecule has 5 heteroatoms.